The lowest BCUT2D eigenvalue weighted by atomic mass is 10.2. The lowest BCUT2D eigenvalue weighted by molar-refractivity contribution is -0.141. The Morgan fingerprint density at radius 3 is 2.62 bits per heavy atom. The van der Waals surface area contributed by atoms with E-state index in [4.69, 9.17) is 0 Å². The number of benzene rings is 1. The first-order valence-electron chi connectivity index (χ1n) is 7.64. The first-order valence-corrected chi connectivity index (χ1v) is 7.64. The van der Waals surface area contributed by atoms with E-state index in [9.17, 15) is 14.4 Å². The molecular formula is C18H22N2O4. The van der Waals surface area contributed by atoms with Gasteiger partial charge in [-0.15, -0.1) is 0 Å². The van der Waals surface area contributed by atoms with Gasteiger partial charge < -0.3 is 15.4 Å². The highest BCUT2D eigenvalue weighted by molar-refractivity contribution is 5.92. The minimum Gasteiger partial charge on any atom is -0.468 e. The Morgan fingerprint density at radius 1 is 1.17 bits per heavy atom. The first kappa shape index (κ1) is 19.2. The molecule has 0 aromatic heterocycles. The first-order chi connectivity index (χ1) is 11.6. The zero-order valence-electron chi connectivity index (χ0n) is 13.7. The molecule has 6 heteroatoms. The molecule has 0 unspecified atom stereocenters. The largest absolute Gasteiger partial charge is 0.468 e. The Balaban J connectivity index is 2.13. The number of unbranched alkanes of at least 4 members (excludes halogenated alkanes) is 1. The van der Waals surface area contributed by atoms with Crippen LogP contribution in [0.3, 0.4) is 0 Å². The highest BCUT2D eigenvalue weighted by atomic mass is 16.5. The summed E-state index contributed by atoms with van der Waals surface area (Å²) < 4.78 is 4.42. The van der Waals surface area contributed by atoms with Gasteiger partial charge in [0.2, 0.25) is 11.8 Å². The highest BCUT2D eigenvalue weighted by Gasteiger charge is 2.03. The van der Waals surface area contributed by atoms with Gasteiger partial charge in [0.25, 0.3) is 0 Å². The zero-order chi connectivity index (χ0) is 17.6. The highest BCUT2D eigenvalue weighted by Crippen LogP contribution is 2.00. The number of esters is 1. The summed E-state index contributed by atoms with van der Waals surface area (Å²) in [5.41, 5.74) is 0.953. The molecule has 24 heavy (non-hydrogen) atoms. The SMILES string of the molecule is COC(=O)CNC(=O)CCC/C=C\NC(=O)/C=C/c1ccccc1. The third-order valence-corrected chi connectivity index (χ3v) is 3.00. The van der Waals surface area contributed by atoms with E-state index in [1.807, 2.05) is 30.3 Å². The fraction of sp³-hybridized carbons (Fsp3) is 0.278. The Morgan fingerprint density at radius 2 is 1.92 bits per heavy atom. The molecule has 1 rings (SSSR count). The van der Waals surface area contributed by atoms with Crippen molar-refractivity contribution in [1.82, 2.24) is 10.6 Å². The number of rotatable bonds is 9. The van der Waals surface area contributed by atoms with E-state index in [0.29, 0.717) is 19.3 Å². The average Bonchev–Trinajstić information content (AvgIpc) is 2.61. The number of hydrogen-bond acceptors (Lipinski definition) is 4. The van der Waals surface area contributed by atoms with E-state index in [0.717, 1.165) is 5.56 Å². The van der Waals surface area contributed by atoms with Crippen molar-refractivity contribution in [2.45, 2.75) is 19.3 Å². The summed E-state index contributed by atoms with van der Waals surface area (Å²) in [7, 11) is 1.27. The van der Waals surface area contributed by atoms with Crippen molar-refractivity contribution < 1.29 is 19.1 Å². The van der Waals surface area contributed by atoms with Crippen LogP contribution in [0.15, 0.2) is 48.7 Å². The predicted octanol–water partition coefficient (Wildman–Crippen LogP) is 1.79. The molecule has 1 aromatic rings. The third kappa shape index (κ3) is 9.19. The zero-order valence-corrected chi connectivity index (χ0v) is 13.7. The van der Waals surface area contributed by atoms with Crippen LogP contribution in [0.1, 0.15) is 24.8 Å². The van der Waals surface area contributed by atoms with E-state index in [2.05, 4.69) is 15.4 Å². The number of allylic oxidation sites excluding steroid dienone is 1. The van der Waals surface area contributed by atoms with Gasteiger partial charge in [0.15, 0.2) is 0 Å². The number of methoxy groups -OCH3 is 1. The predicted molar refractivity (Wildman–Crippen MR) is 91.6 cm³/mol. The summed E-state index contributed by atoms with van der Waals surface area (Å²) in [6.07, 6.45) is 8.11. The topological polar surface area (TPSA) is 84.5 Å². The summed E-state index contributed by atoms with van der Waals surface area (Å²) in [5, 5.41) is 5.08. The van der Waals surface area contributed by atoms with Crippen LogP contribution in [0.4, 0.5) is 0 Å². The molecular weight excluding hydrogens is 308 g/mol. The molecule has 0 fully saturated rings. The molecule has 0 bridgehead atoms. The molecule has 128 valence electrons. The quantitative estimate of drug-likeness (QED) is 0.411. The van der Waals surface area contributed by atoms with Crippen LogP contribution in [-0.4, -0.2) is 31.4 Å². The normalized spacial score (nSPS) is 10.7. The van der Waals surface area contributed by atoms with Gasteiger partial charge in [0.05, 0.1) is 7.11 Å². The summed E-state index contributed by atoms with van der Waals surface area (Å²) in [4.78, 5) is 33.8. The van der Waals surface area contributed by atoms with Crippen LogP contribution in [-0.2, 0) is 19.1 Å². The summed E-state index contributed by atoms with van der Waals surface area (Å²) in [6.45, 7) is -0.116. The molecule has 0 saturated heterocycles. The summed E-state index contributed by atoms with van der Waals surface area (Å²) >= 11 is 0. The molecule has 0 spiro atoms. The Kier molecular flexibility index (Phi) is 9.30. The molecule has 0 heterocycles. The monoisotopic (exact) mass is 330 g/mol. The molecule has 0 aliphatic heterocycles. The van der Waals surface area contributed by atoms with Crippen molar-refractivity contribution in [2.24, 2.45) is 0 Å². The molecule has 0 aliphatic rings. The van der Waals surface area contributed by atoms with Crippen molar-refractivity contribution in [3.05, 3.63) is 54.2 Å². The number of ether oxygens (including phenoxy) is 1. The fourth-order valence-electron chi connectivity index (χ4n) is 1.72. The second kappa shape index (κ2) is 11.6. The molecule has 0 atom stereocenters. The van der Waals surface area contributed by atoms with E-state index in [1.54, 1.807) is 18.4 Å². The van der Waals surface area contributed by atoms with Gasteiger partial charge in [0.1, 0.15) is 6.54 Å². The Hall–Kier alpha value is -2.89. The fourth-order valence-corrected chi connectivity index (χ4v) is 1.72. The molecule has 2 N–H and O–H groups in total. The van der Waals surface area contributed by atoms with E-state index in [-0.39, 0.29) is 18.4 Å². The van der Waals surface area contributed by atoms with Crippen LogP contribution < -0.4 is 10.6 Å². The van der Waals surface area contributed by atoms with E-state index < -0.39 is 5.97 Å². The maximum Gasteiger partial charge on any atom is 0.325 e. The maximum atomic E-state index is 11.6. The van der Waals surface area contributed by atoms with Crippen LogP contribution >= 0.6 is 0 Å². The smallest absolute Gasteiger partial charge is 0.325 e. The van der Waals surface area contributed by atoms with Crippen LogP contribution in [0.5, 0.6) is 0 Å². The standard InChI is InChI=1S/C18H22N2O4/c1-24-18(23)14-20-16(21)10-6-3-7-13-19-17(22)12-11-15-8-4-2-5-9-15/h2,4-5,7-9,11-13H,3,6,10,14H2,1H3,(H,19,22)(H,20,21)/b12-11+,13-7-. The number of amides is 2. The van der Waals surface area contributed by atoms with Crippen molar-refractivity contribution in [3.8, 4) is 0 Å². The minimum atomic E-state index is -0.477. The van der Waals surface area contributed by atoms with Gasteiger partial charge in [-0.25, -0.2) is 0 Å². The van der Waals surface area contributed by atoms with Gasteiger partial charge in [-0.1, -0.05) is 36.4 Å². The number of carbonyl (C=O) groups is 3. The number of carbonyl (C=O) groups excluding carboxylic acids is 3. The molecule has 2 amide bonds. The van der Waals surface area contributed by atoms with Crippen molar-refractivity contribution in [1.29, 1.82) is 0 Å². The second-order valence-electron chi connectivity index (χ2n) is 4.90. The molecule has 6 nitrogen and oxygen atoms in total. The van der Waals surface area contributed by atoms with Gasteiger partial charge in [-0.2, -0.15) is 0 Å². The number of nitrogens with one attached hydrogen (secondary N) is 2. The van der Waals surface area contributed by atoms with Crippen LogP contribution in [0.2, 0.25) is 0 Å². The average molecular weight is 330 g/mol. The maximum absolute atomic E-state index is 11.6. The van der Waals surface area contributed by atoms with Crippen molar-refractivity contribution in [3.63, 3.8) is 0 Å². The van der Waals surface area contributed by atoms with Crippen molar-refractivity contribution in [2.75, 3.05) is 13.7 Å². The number of hydrogen-bond donors (Lipinski definition) is 2. The lowest BCUT2D eigenvalue weighted by Gasteiger charge is -2.02. The molecule has 0 radical (unpaired) electrons. The minimum absolute atomic E-state index is 0.116. The van der Waals surface area contributed by atoms with Crippen LogP contribution in [0.25, 0.3) is 6.08 Å². The summed E-state index contributed by atoms with van der Waals surface area (Å²) in [5.74, 6) is -0.899. The third-order valence-electron chi connectivity index (χ3n) is 3.00. The van der Waals surface area contributed by atoms with E-state index in [1.165, 1.54) is 13.2 Å². The van der Waals surface area contributed by atoms with Gasteiger partial charge in [-0.05, 0) is 24.5 Å². The summed E-state index contributed by atoms with van der Waals surface area (Å²) in [6, 6.07) is 9.53. The molecule has 1 aromatic carbocycles. The molecule has 0 aliphatic carbocycles. The molecule has 0 saturated carbocycles. The van der Waals surface area contributed by atoms with Crippen LogP contribution in [0, 0.1) is 0 Å². The van der Waals surface area contributed by atoms with Gasteiger partial charge in [-0.3, -0.25) is 14.4 Å². The van der Waals surface area contributed by atoms with E-state index >= 15 is 0 Å². The van der Waals surface area contributed by atoms with Gasteiger partial charge in [0, 0.05) is 18.7 Å². The second-order valence-corrected chi connectivity index (χ2v) is 4.90. The van der Waals surface area contributed by atoms with Crippen molar-refractivity contribution >= 4 is 23.9 Å². The Bertz CT molecular complexity index is 594. The Labute approximate surface area is 141 Å². The lowest BCUT2D eigenvalue weighted by Crippen LogP contribution is -2.29. The van der Waals surface area contributed by atoms with Gasteiger partial charge >= 0.3 is 5.97 Å².